The van der Waals surface area contributed by atoms with Gasteiger partial charge in [-0.05, 0) is 23.9 Å². The van der Waals surface area contributed by atoms with Crippen LogP contribution in [0.3, 0.4) is 0 Å². The maximum Gasteiger partial charge on any atom is 0.227 e. The molecule has 1 aromatic carbocycles. The number of aromatic nitrogens is 2. The average molecular weight is 271 g/mol. The number of hydrogen-bond acceptors (Lipinski definition) is 5. The third-order valence-corrected chi connectivity index (χ3v) is 3.67. The highest BCUT2D eigenvalue weighted by atomic mass is 32.1. The Bertz CT molecular complexity index is 696. The molecule has 0 spiro atoms. The van der Waals surface area contributed by atoms with E-state index in [2.05, 4.69) is 9.97 Å². The number of benzene rings is 1. The number of nitrogen functional groups attached to an aromatic ring is 1. The maximum absolute atomic E-state index is 5.93. The van der Waals surface area contributed by atoms with E-state index in [9.17, 15) is 0 Å². The van der Waals surface area contributed by atoms with E-state index in [1.165, 1.54) is 11.3 Å². The third-order valence-electron chi connectivity index (χ3n) is 2.86. The Morgan fingerprint density at radius 2 is 1.95 bits per heavy atom. The highest BCUT2D eigenvalue weighted by molar-refractivity contribution is 7.16. The fourth-order valence-electron chi connectivity index (χ4n) is 1.89. The molecule has 3 rings (SSSR count). The van der Waals surface area contributed by atoms with Crippen LogP contribution in [0.4, 0.5) is 5.95 Å². The van der Waals surface area contributed by atoms with Crippen molar-refractivity contribution < 1.29 is 4.74 Å². The number of hydrogen-bond donors (Lipinski definition) is 1. The molecule has 96 valence electrons. The molecule has 0 aliphatic rings. The van der Waals surface area contributed by atoms with Gasteiger partial charge in [0.2, 0.25) is 11.8 Å². The lowest BCUT2D eigenvalue weighted by atomic mass is 10.1. The molecule has 0 fully saturated rings. The summed E-state index contributed by atoms with van der Waals surface area (Å²) in [5, 5.41) is 2.86. The topological polar surface area (TPSA) is 61.0 Å². The van der Waals surface area contributed by atoms with Crippen molar-refractivity contribution in [1.29, 1.82) is 0 Å². The molecular formula is C14H13N3OS. The zero-order valence-electron chi connectivity index (χ0n) is 10.4. The summed E-state index contributed by atoms with van der Waals surface area (Å²) in [4.78, 5) is 9.22. The molecule has 2 N–H and O–H groups in total. The van der Waals surface area contributed by atoms with Crippen molar-refractivity contribution in [1.82, 2.24) is 9.97 Å². The smallest absolute Gasteiger partial charge is 0.227 e. The molecular weight excluding hydrogens is 258 g/mol. The number of rotatable bonds is 3. The van der Waals surface area contributed by atoms with Crippen molar-refractivity contribution in [2.75, 3.05) is 5.73 Å². The number of nitrogens with two attached hydrogens (primary N) is 1. The first-order valence-electron chi connectivity index (χ1n) is 5.96. The summed E-state index contributed by atoms with van der Waals surface area (Å²) in [6.45, 7) is 1.99. The standard InChI is InChI=1S/C14H13N3OS/c1-9(10-5-3-2-4-6-10)18-12-11-7-8-19-13(11)17-14(15)16-12/h2-9H,1H3,(H2,15,16,17). The van der Waals surface area contributed by atoms with E-state index >= 15 is 0 Å². The summed E-state index contributed by atoms with van der Waals surface area (Å²) in [5.41, 5.74) is 6.80. The van der Waals surface area contributed by atoms with Gasteiger partial charge in [-0.2, -0.15) is 4.98 Å². The van der Waals surface area contributed by atoms with Gasteiger partial charge in [0.05, 0.1) is 5.39 Å². The molecule has 0 saturated carbocycles. The summed E-state index contributed by atoms with van der Waals surface area (Å²) in [7, 11) is 0. The van der Waals surface area contributed by atoms with Crippen molar-refractivity contribution in [3.63, 3.8) is 0 Å². The second-order valence-corrected chi connectivity index (χ2v) is 5.09. The van der Waals surface area contributed by atoms with Crippen LogP contribution >= 0.6 is 11.3 Å². The van der Waals surface area contributed by atoms with Crippen LogP contribution in [-0.4, -0.2) is 9.97 Å². The normalized spacial score (nSPS) is 12.5. The summed E-state index contributed by atoms with van der Waals surface area (Å²) in [6, 6.07) is 12.0. The van der Waals surface area contributed by atoms with E-state index in [1.807, 2.05) is 48.7 Å². The maximum atomic E-state index is 5.93. The van der Waals surface area contributed by atoms with Crippen LogP contribution in [0.25, 0.3) is 10.2 Å². The molecule has 0 bridgehead atoms. The predicted molar refractivity (Wildman–Crippen MR) is 77.3 cm³/mol. The van der Waals surface area contributed by atoms with E-state index in [0.717, 1.165) is 15.8 Å². The van der Waals surface area contributed by atoms with Crippen molar-refractivity contribution in [2.24, 2.45) is 0 Å². The van der Waals surface area contributed by atoms with E-state index < -0.39 is 0 Å². The van der Waals surface area contributed by atoms with Gasteiger partial charge < -0.3 is 10.5 Å². The predicted octanol–water partition coefficient (Wildman–Crippen LogP) is 3.41. The Morgan fingerprint density at radius 3 is 2.74 bits per heavy atom. The second kappa shape index (κ2) is 4.85. The molecule has 0 aliphatic carbocycles. The van der Waals surface area contributed by atoms with E-state index in [1.54, 1.807) is 0 Å². The van der Waals surface area contributed by atoms with Gasteiger partial charge in [0.25, 0.3) is 0 Å². The van der Waals surface area contributed by atoms with Crippen LogP contribution in [0.5, 0.6) is 5.88 Å². The number of anilines is 1. The van der Waals surface area contributed by atoms with E-state index in [4.69, 9.17) is 10.5 Å². The zero-order chi connectivity index (χ0) is 13.2. The van der Waals surface area contributed by atoms with Crippen molar-refractivity contribution >= 4 is 27.5 Å². The first-order chi connectivity index (χ1) is 9.24. The van der Waals surface area contributed by atoms with E-state index in [-0.39, 0.29) is 12.1 Å². The molecule has 1 unspecified atom stereocenters. The molecule has 3 aromatic rings. The lowest BCUT2D eigenvalue weighted by Crippen LogP contribution is -2.06. The minimum Gasteiger partial charge on any atom is -0.469 e. The summed E-state index contributed by atoms with van der Waals surface area (Å²) >= 11 is 1.53. The highest BCUT2D eigenvalue weighted by Gasteiger charge is 2.13. The molecule has 0 radical (unpaired) electrons. The quantitative estimate of drug-likeness (QED) is 0.793. The van der Waals surface area contributed by atoms with Gasteiger partial charge in [0, 0.05) is 0 Å². The molecule has 5 heteroatoms. The lowest BCUT2D eigenvalue weighted by Gasteiger charge is -2.14. The largest absolute Gasteiger partial charge is 0.469 e. The highest BCUT2D eigenvalue weighted by Crippen LogP contribution is 2.30. The number of thiophene rings is 1. The van der Waals surface area contributed by atoms with Crippen LogP contribution < -0.4 is 10.5 Å². The molecule has 2 heterocycles. The number of ether oxygens (including phenoxy) is 1. The van der Waals surface area contributed by atoms with Crippen molar-refractivity contribution in [3.8, 4) is 5.88 Å². The Labute approximate surface area is 114 Å². The van der Waals surface area contributed by atoms with Gasteiger partial charge in [-0.1, -0.05) is 30.3 Å². The van der Waals surface area contributed by atoms with Crippen LogP contribution in [-0.2, 0) is 0 Å². The van der Waals surface area contributed by atoms with Crippen molar-refractivity contribution in [3.05, 3.63) is 47.3 Å². The lowest BCUT2D eigenvalue weighted by molar-refractivity contribution is 0.221. The van der Waals surface area contributed by atoms with Crippen LogP contribution in [0.2, 0.25) is 0 Å². The van der Waals surface area contributed by atoms with E-state index in [0.29, 0.717) is 5.88 Å². The second-order valence-electron chi connectivity index (χ2n) is 4.20. The summed E-state index contributed by atoms with van der Waals surface area (Å²) in [5.74, 6) is 0.783. The number of nitrogens with zero attached hydrogens (tertiary/aromatic N) is 2. The fraction of sp³-hybridized carbons (Fsp3) is 0.143. The minimum absolute atomic E-state index is 0.0846. The molecule has 19 heavy (non-hydrogen) atoms. The summed E-state index contributed by atoms with van der Waals surface area (Å²) in [6.07, 6.45) is -0.0846. The fourth-order valence-corrected chi connectivity index (χ4v) is 2.65. The van der Waals surface area contributed by atoms with Gasteiger partial charge in [0.1, 0.15) is 10.9 Å². The Hall–Kier alpha value is -2.14. The number of fused-ring (bicyclic) bond motifs is 1. The van der Waals surface area contributed by atoms with Gasteiger partial charge in [-0.3, -0.25) is 0 Å². The summed E-state index contributed by atoms with van der Waals surface area (Å²) < 4.78 is 5.93. The SMILES string of the molecule is CC(Oc1nc(N)nc2sccc12)c1ccccc1. The van der Waals surface area contributed by atoms with Crippen LogP contribution in [0.15, 0.2) is 41.8 Å². The van der Waals surface area contributed by atoms with Crippen LogP contribution in [0, 0.1) is 0 Å². The Kier molecular flexibility index (Phi) is 3.05. The Morgan fingerprint density at radius 1 is 1.16 bits per heavy atom. The molecule has 0 aliphatic heterocycles. The first kappa shape index (κ1) is 11.9. The molecule has 2 aromatic heterocycles. The monoisotopic (exact) mass is 271 g/mol. The first-order valence-corrected chi connectivity index (χ1v) is 6.84. The van der Waals surface area contributed by atoms with Gasteiger partial charge in [0.15, 0.2) is 0 Å². The molecule has 1 atom stereocenters. The van der Waals surface area contributed by atoms with Crippen molar-refractivity contribution in [2.45, 2.75) is 13.0 Å². The molecule has 0 amide bonds. The Balaban J connectivity index is 1.95. The zero-order valence-corrected chi connectivity index (χ0v) is 11.2. The molecule has 4 nitrogen and oxygen atoms in total. The minimum atomic E-state index is -0.0846. The van der Waals surface area contributed by atoms with Gasteiger partial charge in [-0.25, -0.2) is 4.98 Å². The third kappa shape index (κ3) is 2.37. The molecule has 0 saturated heterocycles. The van der Waals surface area contributed by atoms with Gasteiger partial charge >= 0.3 is 0 Å². The van der Waals surface area contributed by atoms with Gasteiger partial charge in [-0.15, -0.1) is 11.3 Å². The average Bonchev–Trinajstić information content (AvgIpc) is 2.88. The van der Waals surface area contributed by atoms with Crippen LogP contribution in [0.1, 0.15) is 18.6 Å².